The molecule has 154 valence electrons. The Bertz CT molecular complexity index is 1060. The van der Waals surface area contributed by atoms with Crippen LogP contribution in [0.2, 0.25) is 0 Å². The van der Waals surface area contributed by atoms with Gasteiger partial charge in [0.15, 0.2) is 0 Å². The van der Waals surface area contributed by atoms with E-state index in [4.69, 9.17) is 9.47 Å². The molecule has 0 aliphatic rings. The minimum atomic E-state index is -0.416. The zero-order valence-corrected chi connectivity index (χ0v) is 16.9. The molecule has 0 aromatic heterocycles. The van der Waals surface area contributed by atoms with Crippen molar-refractivity contribution in [3.63, 3.8) is 0 Å². The van der Waals surface area contributed by atoms with Crippen molar-refractivity contribution in [2.24, 2.45) is 0 Å². The van der Waals surface area contributed by atoms with Crippen LogP contribution in [0, 0.1) is 10.1 Å². The van der Waals surface area contributed by atoms with E-state index in [0.717, 1.165) is 34.4 Å². The maximum atomic E-state index is 10.8. The standard InChI is InChI=1S/C24H23NO5/c1-3-14-30-23-15-19(22-13-12-21(26)16-24(22)29-2)9-8-18(23)7-4-17-5-10-20(11-6-17)25(27)28/h4-13,15-16,26H,3,14H2,1-2H3/b7-4+. The molecule has 0 amide bonds. The average molecular weight is 405 g/mol. The molecule has 0 radical (unpaired) electrons. The van der Waals surface area contributed by atoms with Crippen LogP contribution < -0.4 is 9.47 Å². The molecule has 1 N–H and O–H groups in total. The Kier molecular flexibility index (Phi) is 6.70. The molecule has 0 saturated heterocycles. The summed E-state index contributed by atoms with van der Waals surface area (Å²) in [4.78, 5) is 10.4. The van der Waals surface area contributed by atoms with Gasteiger partial charge in [-0.1, -0.05) is 31.2 Å². The summed E-state index contributed by atoms with van der Waals surface area (Å²) in [5.41, 5.74) is 3.56. The first-order valence-electron chi connectivity index (χ1n) is 9.58. The van der Waals surface area contributed by atoms with Crippen LogP contribution in [0.3, 0.4) is 0 Å². The van der Waals surface area contributed by atoms with Gasteiger partial charge >= 0.3 is 0 Å². The molecule has 0 atom stereocenters. The fourth-order valence-electron chi connectivity index (χ4n) is 2.99. The summed E-state index contributed by atoms with van der Waals surface area (Å²) < 4.78 is 11.4. The van der Waals surface area contributed by atoms with Crippen molar-refractivity contribution in [3.05, 3.63) is 81.9 Å². The van der Waals surface area contributed by atoms with Crippen LogP contribution in [0.1, 0.15) is 24.5 Å². The molecule has 0 spiro atoms. The first-order chi connectivity index (χ1) is 14.5. The summed E-state index contributed by atoms with van der Waals surface area (Å²) >= 11 is 0. The van der Waals surface area contributed by atoms with Gasteiger partial charge in [-0.2, -0.15) is 0 Å². The van der Waals surface area contributed by atoms with E-state index in [9.17, 15) is 15.2 Å². The molecule has 0 saturated carbocycles. The second kappa shape index (κ2) is 9.60. The van der Waals surface area contributed by atoms with Crippen molar-refractivity contribution in [1.82, 2.24) is 0 Å². The number of nitro groups is 1. The minimum absolute atomic E-state index is 0.0614. The van der Waals surface area contributed by atoms with Crippen LogP contribution in [0.15, 0.2) is 60.7 Å². The first-order valence-corrected chi connectivity index (χ1v) is 9.58. The zero-order chi connectivity index (χ0) is 21.5. The second-order valence-corrected chi connectivity index (χ2v) is 6.67. The molecule has 3 rings (SSSR count). The van der Waals surface area contributed by atoms with E-state index in [0.29, 0.717) is 12.4 Å². The summed E-state index contributed by atoms with van der Waals surface area (Å²) in [6.45, 7) is 2.62. The quantitative estimate of drug-likeness (QED) is 0.285. The molecule has 3 aromatic rings. The zero-order valence-electron chi connectivity index (χ0n) is 16.9. The highest BCUT2D eigenvalue weighted by atomic mass is 16.6. The van der Waals surface area contributed by atoms with Gasteiger partial charge in [0.25, 0.3) is 5.69 Å². The van der Waals surface area contributed by atoms with E-state index in [1.165, 1.54) is 12.1 Å². The summed E-state index contributed by atoms with van der Waals surface area (Å²) in [5, 5.41) is 20.5. The fraction of sp³-hybridized carbons (Fsp3) is 0.167. The molecule has 30 heavy (non-hydrogen) atoms. The lowest BCUT2D eigenvalue weighted by Crippen LogP contribution is -1.97. The average Bonchev–Trinajstić information content (AvgIpc) is 2.76. The Hall–Kier alpha value is -3.80. The number of benzene rings is 3. The number of non-ortho nitro benzene ring substituents is 1. The molecule has 0 heterocycles. The van der Waals surface area contributed by atoms with Gasteiger partial charge in [0, 0.05) is 29.3 Å². The SMILES string of the molecule is CCCOc1cc(-c2ccc(O)cc2OC)ccc1/C=C/c1ccc([N+](=O)[O-])cc1. The molecule has 0 unspecified atom stereocenters. The van der Waals surface area contributed by atoms with Crippen LogP contribution in [-0.4, -0.2) is 23.7 Å². The normalized spacial score (nSPS) is 10.9. The Morgan fingerprint density at radius 3 is 2.43 bits per heavy atom. The highest BCUT2D eigenvalue weighted by molar-refractivity contribution is 5.78. The smallest absolute Gasteiger partial charge is 0.269 e. The largest absolute Gasteiger partial charge is 0.508 e. The van der Waals surface area contributed by atoms with Gasteiger partial charge in [0.1, 0.15) is 17.2 Å². The lowest BCUT2D eigenvalue weighted by atomic mass is 10.0. The second-order valence-electron chi connectivity index (χ2n) is 6.67. The Balaban J connectivity index is 1.94. The minimum Gasteiger partial charge on any atom is -0.508 e. The maximum Gasteiger partial charge on any atom is 0.269 e. The van der Waals surface area contributed by atoms with Gasteiger partial charge in [-0.25, -0.2) is 0 Å². The van der Waals surface area contributed by atoms with Gasteiger partial charge in [0.2, 0.25) is 0 Å². The van der Waals surface area contributed by atoms with E-state index < -0.39 is 4.92 Å². The van der Waals surface area contributed by atoms with Crippen molar-refractivity contribution in [2.75, 3.05) is 13.7 Å². The predicted molar refractivity (Wildman–Crippen MR) is 118 cm³/mol. The number of rotatable bonds is 8. The number of nitrogens with zero attached hydrogens (tertiary/aromatic N) is 1. The molecule has 3 aromatic carbocycles. The van der Waals surface area contributed by atoms with E-state index in [1.54, 1.807) is 37.4 Å². The number of phenols is 1. The first kappa shape index (κ1) is 20.9. The number of ether oxygens (including phenoxy) is 2. The van der Waals surface area contributed by atoms with Crippen molar-refractivity contribution in [3.8, 4) is 28.4 Å². The third-order valence-electron chi connectivity index (χ3n) is 4.53. The van der Waals surface area contributed by atoms with E-state index in [-0.39, 0.29) is 11.4 Å². The van der Waals surface area contributed by atoms with E-state index in [2.05, 4.69) is 0 Å². The van der Waals surface area contributed by atoms with Crippen LogP contribution >= 0.6 is 0 Å². The van der Waals surface area contributed by atoms with E-state index >= 15 is 0 Å². The molecule has 6 nitrogen and oxygen atoms in total. The highest BCUT2D eigenvalue weighted by Gasteiger charge is 2.10. The van der Waals surface area contributed by atoms with Crippen molar-refractivity contribution >= 4 is 17.8 Å². The van der Waals surface area contributed by atoms with Crippen LogP contribution in [-0.2, 0) is 0 Å². The number of nitro benzene ring substituents is 1. The molecule has 0 aliphatic carbocycles. The van der Waals surface area contributed by atoms with Gasteiger partial charge in [-0.15, -0.1) is 0 Å². The van der Waals surface area contributed by atoms with Crippen molar-refractivity contribution in [1.29, 1.82) is 0 Å². The maximum absolute atomic E-state index is 10.8. The lowest BCUT2D eigenvalue weighted by molar-refractivity contribution is -0.384. The van der Waals surface area contributed by atoms with Crippen molar-refractivity contribution in [2.45, 2.75) is 13.3 Å². The Morgan fingerprint density at radius 2 is 1.77 bits per heavy atom. The summed E-state index contributed by atoms with van der Waals surface area (Å²) in [6, 6.07) is 17.2. The van der Waals surface area contributed by atoms with Gasteiger partial charge in [-0.3, -0.25) is 10.1 Å². The number of hydrogen-bond acceptors (Lipinski definition) is 5. The molecule has 0 aliphatic heterocycles. The fourth-order valence-corrected chi connectivity index (χ4v) is 2.99. The van der Waals surface area contributed by atoms with Gasteiger partial charge in [0.05, 0.1) is 18.6 Å². The number of methoxy groups -OCH3 is 1. The summed E-state index contributed by atoms with van der Waals surface area (Å²) in [5.74, 6) is 1.44. The molecular weight excluding hydrogens is 382 g/mol. The van der Waals surface area contributed by atoms with Crippen LogP contribution in [0.4, 0.5) is 5.69 Å². The lowest BCUT2D eigenvalue weighted by Gasteiger charge is -2.13. The third-order valence-corrected chi connectivity index (χ3v) is 4.53. The number of aromatic hydroxyl groups is 1. The number of phenolic OH excluding ortho intramolecular Hbond substituents is 1. The number of hydrogen-bond donors (Lipinski definition) is 1. The summed E-state index contributed by atoms with van der Waals surface area (Å²) in [7, 11) is 1.56. The van der Waals surface area contributed by atoms with Crippen LogP contribution in [0.5, 0.6) is 17.2 Å². The van der Waals surface area contributed by atoms with Gasteiger partial charge < -0.3 is 14.6 Å². The predicted octanol–water partition coefficient (Wildman–Crippen LogP) is 5.94. The third kappa shape index (κ3) is 4.97. The Labute approximate surface area is 175 Å². The molecular formula is C24H23NO5. The Morgan fingerprint density at radius 1 is 1.00 bits per heavy atom. The van der Waals surface area contributed by atoms with E-state index in [1.807, 2.05) is 37.3 Å². The molecule has 0 fully saturated rings. The van der Waals surface area contributed by atoms with Crippen molar-refractivity contribution < 1.29 is 19.5 Å². The van der Waals surface area contributed by atoms with Crippen LogP contribution in [0.25, 0.3) is 23.3 Å². The molecule has 6 heteroatoms. The summed E-state index contributed by atoms with van der Waals surface area (Å²) in [6.07, 6.45) is 4.68. The monoisotopic (exact) mass is 405 g/mol. The topological polar surface area (TPSA) is 81.8 Å². The van der Waals surface area contributed by atoms with Gasteiger partial charge in [-0.05, 0) is 47.9 Å². The highest BCUT2D eigenvalue weighted by Crippen LogP contribution is 2.36. The molecule has 0 bridgehead atoms.